The van der Waals surface area contributed by atoms with Crippen LogP contribution in [0.2, 0.25) is 0 Å². The van der Waals surface area contributed by atoms with Gasteiger partial charge in [-0.3, -0.25) is 0 Å². The van der Waals surface area contributed by atoms with Gasteiger partial charge in [-0.05, 0) is 13.8 Å². The van der Waals surface area contributed by atoms with Crippen LogP contribution in [-0.2, 0) is 0 Å². The lowest BCUT2D eigenvalue weighted by molar-refractivity contribution is 0.232. The molecule has 1 heterocycles. The van der Waals surface area contributed by atoms with Crippen molar-refractivity contribution in [3.63, 3.8) is 0 Å². The van der Waals surface area contributed by atoms with Crippen LogP contribution < -0.4 is 10.1 Å². The molecule has 1 N–H and O–H groups in total. The Bertz CT molecular complexity index is 376. The number of nitrogens with one attached hydrogen (secondary N) is 1. The molecule has 17 heavy (non-hydrogen) atoms. The molecule has 4 nitrogen and oxygen atoms in total. The molecule has 1 aromatic heterocycles. The van der Waals surface area contributed by atoms with E-state index in [1.807, 2.05) is 13.8 Å². The van der Waals surface area contributed by atoms with E-state index < -0.39 is 0 Å². The summed E-state index contributed by atoms with van der Waals surface area (Å²) in [6.07, 6.45) is 6.77. The van der Waals surface area contributed by atoms with Gasteiger partial charge in [-0.15, -0.1) is 18.2 Å². The summed E-state index contributed by atoms with van der Waals surface area (Å²) in [6, 6.07) is 1.80. The van der Waals surface area contributed by atoms with Gasteiger partial charge in [0.25, 0.3) is 0 Å². The topological polar surface area (TPSA) is 47.0 Å². The zero-order valence-electron chi connectivity index (χ0n) is 10.1. The number of terminal acetylenes is 1. The quantitative estimate of drug-likeness (QED) is 0.593. The number of ether oxygens (including phenoxy) is 1. The maximum absolute atomic E-state index is 5.48. The largest absolute Gasteiger partial charge is 0.475 e. The maximum Gasteiger partial charge on any atom is 0.218 e. The molecule has 0 aliphatic heterocycles. The lowest BCUT2D eigenvalue weighted by Gasteiger charge is -2.09. The molecule has 0 amide bonds. The third-order valence-corrected chi connectivity index (χ3v) is 2.60. The van der Waals surface area contributed by atoms with E-state index in [9.17, 15) is 0 Å². The highest BCUT2D eigenvalue weighted by atomic mass is 32.2. The van der Waals surface area contributed by atoms with Gasteiger partial charge in [0.2, 0.25) is 5.88 Å². The highest BCUT2D eigenvalue weighted by molar-refractivity contribution is 7.99. The zero-order chi connectivity index (χ0) is 12.5. The van der Waals surface area contributed by atoms with Crippen molar-refractivity contribution in [3.05, 3.63) is 12.4 Å². The minimum absolute atomic E-state index is 0.115. The average Bonchev–Trinajstić information content (AvgIpc) is 2.28. The molecule has 0 radical (unpaired) electrons. The minimum Gasteiger partial charge on any atom is -0.475 e. The Kier molecular flexibility index (Phi) is 6.26. The van der Waals surface area contributed by atoms with Gasteiger partial charge < -0.3 is 10.1 Å². The van der Waals surface area contributed by atoms with Crippen molar-refractivity contribution in [1.29, 1.82) is 0 Å². The summed E-state index contributed by atoms with van der Waals surface area (Å²) in [5, 5.41) is 3.20. The lowest BCUT2D eigenvalue weighted by Crippen LogP contribution is -2.09. The molecule has 0 atom stereocenters. The fourth-order valence-electron chi connectivity index (χ4n) is 1.12. The Labute approximate surface area is 107 Å². The lowest BCUT2D eigenvalue weighted by atomic mass is 10.5. The molecule has 0 unspecified atom stereocenters. The van der Waals surface area contributed by atoms with E-state index in [2.05, 4.69) is 21.2 Å². The third kappa shape index (κ3) is 6.03. The highest BCUT2D eigenvalue weighted by Crippen LogP contribution is 2.12. The fraction of sp³-hybridized carbons (Fsp3) is 0.500. The summed E-state index contributed by atoms with van der Waals surface area (Å²) in [4.78, 5) is 8.14. The minimum atomic E-state index is 0.115. The van der Waals surface area contributed by atoms with Crippen LogP contribution in [-0.4, -0.2) is 34.1 Å². The molecule has 0 aromatic carbocycles. The summed E-state index contributed by atoms with van der Waals surface area (Å²) in [5.74, 6) is 5.65. The molecule has 0 aliphatic rings. The maximum atomic E-state index is 5.48. The number of aromatic nitrogens is 2. The summed E-state index contributed by atoms with van der Waals surface area (Å²) < 4.78 is 5.48. The zero-order valence-corrected chi connectivity index (χ0v) is 11.0. The van der Waals surface area contributed by atoms with Crippen molar-refractivity contribution in [2.24, 2.45) is 0 Å². The van der Waals surface area contributed by atoms with Crippen LogP contribution in [0.1, 0.15) is 13.8 Å². The van der Waals surface area contributed by atoms with Gasteiger partial charge in [0, 0.05) is 18.4 Å². The van der Waals surface area contributed by atoms with E-state index in [4.69, 9.17) is 11.2 Å². The van der Waals surface area contributed by atoms with E-state index in [0.29, 0.717) is 5.88 Å². The Hall–Kier alpha value is -1.41. The monoisotopic (exact) mass is 251 g/mol. The predicted molar refractivity (Wildman–Crippen MR) is 72.4 cm³/mol. The molecule has 5 heteroatoms. The van der Waals surface area contributed by atoms with Crippen molar-refractivity contribution in [2.75, 3.05) is 23.4 Å². The molecule has 0 saturated carbocycles. The predicted octanol–water partition coefficient (Wildman–Crippen LogP) is 2.04. The van der Waals surface area contributed by atoms with Crippen LogP contribution in [0.5, 0.6) is 5.88 Å². The van der Waals surface area contributed by atoms with Crippen molar-refractivity contribution in [1.82, 2.24) is 9.97 Å². The standard InChI is InChI=1S/C12H17N3OS/c1-4-6-17-7-5-13-11-8-12(15-9-14-11)16-10(2)3/h1,8-10H,5-7H2,2-3H3,(H,13,14,15). The second-order valence-corrected chi connectivity index (χ2v) is 4.70. The van der Waals surface area contributed by atoms with Gasteiger partial charge in [-0.25, -0.2) is 9.97 Å². The Morgan fingerprint density at radius 3 is 3.06 bits per heavy atom. The summed E-state index contributed by atoms with van der Waals surface area (Å²) in [7, 11) is 0. The van der Waals surface area contributed by atoms with Crippen molar-refractivity contribution in [2.45, 2.75) is 20.0 Å². The van der Waals surface area contributed by atoms with Crippen LogP contribution in [0.3, 0.4) is 0 Å². The third-order valence-electron chi connectivity index (χ3n) is 1.74. The molecule has 0 fully saturated rings. The summed E-state index contributed by atoms with van der Waals surface area (Å²) in [5.41, 5.74) is 0. The first-order valence-corrected chi connectivity index (χ1v) is 6.61. The summed E-state index contributed by atoms with van der Waals surface area (Å²) in [6.45, 7) is 4.75. The molecular formula is C12H17N3OS. The molecule has 0 bridgehead atoms. The van der Waals surface area contributed by atoms with Crippen LogP contribution >= 0.6 is 11.8 Å². The Balaban J connectivity index is 2.35. The van der Waals surface area contributed by atoms with Crippen LogP contribution in [0.15, 0.2) is 12.4 Å². The van der Waals surface area contributed by atoms with Crippen molar-refractivity contribution < 1.29 is 4.74 Å². The number of nitrogens with zero attached hydrogens (tertiary/aromatic N) is 2. The van der Waals surface area contributed by atoms with Gasteiger partial charge >= 0.3 is 0 Å². The fourth-order valence-corrected chi connectivity index (χ4v) is 1.63. The second-order valence-electron chi connectivity index (χ2n) is 3.59. The number of hydrogen-bond donors (Lipinski definition) is 1. The highest BCUT2D eigenvalue weighted by Gasteiger charge is 2.01. The smallest absolute Gasteiger partial charge is 0.218 e. The average molecular weight is 251 g/mol. The number of hydrogen-bond acceptors (Lipinski definition) is 5. The number of anilines is 1. The number of thioether (sulfide) groups is 1. The first kappa shape index (κ1) is 13.7. The van der Waals surface area contributed by atoms with Crippen molar-refractivity contribution in [3.8, 4) is 18.2 Å². The molecule has 1 rings (SSSR count). The molecule has 0 spiro atoms. The summed E-state index contributed by atoms with van der Waals surface area (Å²) >= 11 is 1.71. The second kappa shape index (κ2) is 7.80. The van der Waals surface area contributed by atoms with E-state index in [-0.39, 0.29) is 6.10 Å². The molecular weight excluding hydrogens is 234 g/mol. The SMILES string of the molecule is C#CCSCCNc1cc(OC(C)C)ncn1. The molecule has 92 valence electrons. The first-order valence-electron chi connectivity index (χ1n) is 5.46. The van der Waals surface area contributed by atoms with Crippen molar-refractivity contribution >= 4 is 17.6 Å². The Morgan fingerprint density at radius 1 is 1.53 bits per heavy atom. The normalized spacial score (nSPS) is 10.0. The van der Waals surface area contributed by atoms with Gasteiger partial charge in [0.15, 0.2) is 0 Å². The van der Waals surface area contributed by atoms with Gasteiger partial charge in [-0.2, -0.15) is 0 Å². The Morgan fingerprint density at radius 2 is 2.35 bits per heavy atom. The van der Waals surface area contributed by atoms with E-state index in [1.165, 1.54) is 6.33 Å². The van der Waals surface area contributed by atoms with E-state index in [0.717, 1.165) is 23.9 Å². The van der Waals surface area contributed by atoms with Crippen LogP contribution in [0, 0.1) is 12.3 Å². The number of rotatable bonds is 7. The van der Waals surface area contributed by atoms with E-state index in [1.54, 1.807) is 17.8 Å². The van der Waals surface area contributed by atoms with Gasteiger partial charge in [-0.1, -0.05) is 5.92 Å². The first-order chi connectivity index (χ1) is 8.22. The molecule has 1 aromatic rings. The molecule has 0 aliphatic carbocycles. The van der Waals surface area contributed by atoms with Crippen LogP contribution in [0.25, 0.3) is 0 Å². The molecule has 0 saturated heterocycles. The van der Waals surface area contributed by atoms with Gasteiger partial charge in [0.1, 0.15) is 12.1 Å². The van der Waals surface area contributed by atoms with E-state index >= 15 is 0 Å². The van der Waals surface area contributed by atoms with Crippen LogP contribution in [0.4, 0.5) is 5.82 Å². The van der Waals surface area contributed by atoms with Gasteiger partial charge in [0.05, 0.1) is 11.9 Å².